The van der Waals surface area contributed by atoms with Crippen molar-refractivity contribution in [1.29, 1.82) is 0 Å². The first-order valence-corrected chi connectivity index (χ1v) is 9.79. The van der Waals surface area contributed by atoms with E-state index < -0.39 is 0 Å². The molecule has 1 saturated heterocycles. The molecule has 0 amide bonds. The molecular formula is C18H19N3OS2. The zero-order valence-electron chi connectivity index (χ0n) is 13.5. The lowest BCUT2D eigenvalue weighted by Crippen LogP contribution is -2.39. The Kier molecular flexibility index (Phi) is 4.71. The van der Waals surface area contributed by atoms with E-state index in [0.717, 1.165) is 36.1 Å². The largest absolute Gasteiger partial charge is 0.378 e. The Balaban J connectivity index is 1.57. The van der Waals surface area contributed by atoms with Gasteiger partial charge in [0, 0.05) is 28.9 Å². The van der Waals surface area contributed by atoms with E-state index in [2.05, 4.69) is 46.5 Å². The zero-order valence-corrected chi connectivity index (χ0v) is 15.1. The van der Waals surface area contributed by atoms with Crippen molar-refractivity contribution in [3.8, 4) is 10.6 Å². The standard InChI is InChI=1S/C18H19N3OS2/c1-13-17(24-12-19-13)9-21-7-8-22-10-16(21)15-11-23-18(20-15)14-5-3-2-4-6-14/h2-6,11-12,16H,7-10H2,1H3/t16-/m0/s1. The summed E-state index contributed by atoms with van der Waals surface area (Å²) in [6.45, 7) is 5.42. The topological polar surface area (TPSA) is 38.2 Å². The summed E-state index contributed by atoms with van der Waals surface area (Å²) >= 11 is 3.44. The number of ether oxygens (including phenoxy) is 1. The van der Waals surface area contributed by atoms with Gasteiger partial charge in [0.15, 0.2) is 0 Å². The summed E-state index contributed by atoms with van der Waals surface area (Å²) in [5.74, 6) is 0. The number of rotatable bonds is 4. The lowest BCUT2D eigenvalue weighted by molar-refractivity contribution is -0.0136. The predicted octanol–water partition coefficient (Wildman–Crippen LogP) is 4.15. The van der Waals surface area contributed by atoms with E-state index in [1.54, 1.807) is 22.7 Å². The number of hydrogen-bond acceptors (Lipinski definition) is 6. The second-order valence-corrected chi connectivity index (χ2v) is 7.66. The SMILES string of the molecule is Cc1ncsc1CN1CCOC[C@H]1c1csc(-c2ccccc2)n1. The molecule has 0 N–H and O–H groups in total. The molecule has 4 rings (SSSR count). The van der Waals surface area contributed by atoms with Crippen molar-refractivity contribution in [3.63, 3.8) is 0 Å². The first kappa shape index (κ1) is 15.9. The van der Waals surface area contributed by atoms with Crippen molar-refractivity contribution in [3.05, 3.63) is 57.5 Å². The van der Waals surface area contributed by atoms with Crippen molar-refractivity contribution in [2.24, 2.45) is 0 Å². The lowest BCUT2D eigenvalue weighted by atomic mass is 10.1. The van der Waals surface area contributed by atoms with E-state index in [9.17, 15) is 0 Å². The fourth-order valence-electron chi connectivity index (χ4n) is 2.91. The Bertz CT molecular complexity index is 799. The van der Waals surface area contributed by atoms with E-state index in [4.69, 9.17) is 9.72 Å². The average Bonchev–Trinajstić information content (AvgIpc) is 3.26. The molecule has 3 heterocycles. The number of thiazole rings is 2. The van der Waals surface area contributed by atoms with Gasteiger partial charge in [-0.05, 0) is 6.92 Å². The average molecular weight is 358 g/mol. The zero-order chi connectivity index (χ0) is 16.4. The van der Waals surface area contributed by atoms with Crippen LogP contribution < -0.4 is 0 Å². The van der Waals surface area contributed by atoms with Crippen LogP contribution in [0.15, 0.2) is 41.2 Å². The smallest absolute Gasteiger partial charge is 0.123 e. The molecule has 1 atom stereocenters. The van der Waals surface area contributed by atoms with Crippen LogP contribution in [0.25, 0.3) is 10.6 Å². The van der Waals surface area contributed by atoms with Crippen LogP contribution in [-0.4, -0.2) is 34.6 Å². The number of hydrogen-bond donors (Lipinski definition) is 0. The van der Waals surface area contributed by atoms with Gasteiger partial charge in [0.05, 0.1) is 36.2 Å². The molecule has 1 aliphatic heterocycles. The summed E-state index contributed by atoms with van der Waals surface area (Å²) in [6, 6.07) is 10.6. The van der Waals surface area contributed by atoms with Crippen LogP contribution in [0.4, 0.5) is 0 Å². The van der Waals surface area contributed by atoms with Crippen LogP contribution in [0, 0.1) is 6.92 Å². The quantitative estimate of drug-likeness (QED) is 0.703. The van der Waals surface area contributed by atoms with E-state index >= 15 is 0 Å². The third-order valence-electron chi connectivity index (χ3n) is 4.31. The van der Waals surface area contributed by atoms with Crippen LogP contribution in [0.1, 0.15) is 22.3 Å². The Hall–Kier alpha value is -1.60. The van der Waals surface area contributed by atoms with Crippen LogP contribution in [-0.2, 0) is 11.3 Å². The van der Waals surface area contributed by atoms with Crippen LogP contribution >= 0.6 is 22.7 Å². The molecule has 1 aliphatic rings. The summed E-state index contributed by atoms with van der Waals surface area (Å²) < 4.78 is 5.74. The van der Waals surface area contributed by atoms with Crippen molar-refractivity contribution in [1.82, 2.24) is 14.9 Å². The Labute approximate surface area is 149 Å². The van der Waals surface area contributed by atoms with Gasteiger partial charge in [-0.1, -0.05) is 30.3 Å². The molecule has 0 saturated carbocycles. The van der Waals surface area contributed by atoms with E-state index in [0.29, 0.717) is 6.61 Å². The first-order valence-electron chi connectivity index (χ1n) is 8.03. The highest BCUT2D eigenvalue weighted by Gasteiger charge is 2.27. The van der Waals surface area contributed by atoms with Crippen LogP contribution in [0.3, 0.4) is 0 Å². The highest BCUT2D eigenvalue weighted by molar-refractivity contribution is 7.13. The summed E-state index contributed by atoms with van der Waals surface area (Å²) in [4.78, 5) is 13.1. The number of nitrogens with zero attached hydrogens (tertiary/aromatic N) is 3. The molecule has 24 heavy (non-hydrogen) atoms. The maximum atomic E-state index is 5.74. The fraction of sp³-hybridized carbons (Fsp3) is 0.333. The summed E-state index contributed by atoms with van der Waals surface area (Å²) in [6.07, 6.45) is 0. The Morgan fingerprint density at radius 2 is 2.12 bits per heavy atom. The second kappa shape index (κ2) is 7.11. The molecule has 1 aromatic carbocycles. The van der Waals surface area contributed by atoms with Gasteiger partial charge in [-0.25, -0.2) is 9.97 Å². The Morgan fingerprint density at radius 1 is 1.25 bits per heavy atom. The van der Waals surface area contributed by atoms with Crippen molar-refractivity contribution >= 4 is 22.7 Å². The molecule has 2 aromatic heterocycles. The van der Waals surface area contributed by atoms with Crippen LogP contribution in [0.2, 0.25) is 0 Å². The minimum Gasteiger partial charge on any atom is -0.378 e. The second-order valence-electron chi connectivity index (χ2n) is 5.87. The van der Waals surface area contributed by atoms with Gasteiger partial charge in [0.2, 0.25) is 0 Å². The molecule has 3 aromatic rings. The van der Waals surface area contributed by atoms with E-state index in [1.165, 1.54) is 10.4 Å². The van der Waals surface area contributed by atoms with Gasteiger partial charge < -0.3 is 4.74 Å². The number of morpholine rings is 1. The van der Waals surface area contributed by atoms with Gasteiger partial charge >= 0.3 is 0 Å². The van der Waals surface area contributed by atoms with Crippen molar-refractivity contribution in [2.75, 3.05) is 19.8 Å². The van der Waals surface area contributed by atoms with Gasteiger partial charge in [-0.15, -0.1) is 22.7 Å². The van der Waals surface area contributed by atoms with Crippen molar-refractivity contribution < 1.29 is 4.74 Å². The van der Waals surface area contributed by atoms with Gasteiger partial charge in [-0.2, -0.15) is 0 Å². The number of benzene rings is 1. The summed E-state index contributed by atoms with van der Waals surface area (Å²) in [7, 11) is 0. The molecule has 1 fully saturated rings. The molecule has 0 aliphatic carbocycles. The van der Waals surface area contributed by atoms with Gasteiger partial charge in [-0.3, -0.25) is 4.90 Å². The highest BCUT2D eigenvalue weighted by Crippen LogP contribution is 2.31. The minimum atomic E-state index is 0.217. The third-order valence-corrected chi connectivity index (χ3v) is 6.14. The predicted molar refractivity (Wildman–Crippen MR) is 98.4 cm³/mol. The fourth-order valence-corrected chi connectivity index (χ4v) is 4.59. The number of aromatic nitrogens is 2. The summed E-state index contributed by atoms with van der Waals surface area (Å²) in [5, 5.41) is 3.25. The lowest BCUT2D eigenvalue weighted by Gasteiger charge is -2.34. The molecule has 124 valence electrons. The van der Waals surface area contributed by atoms with Gasteiger partial charge in [0.25, 0.3) is 0 Å². The van der Waals surface area contributed by atoms with Crippen molar-refractivity contribution in [2.45, 2.75) is 19.5 Å². The van der Waals surface area contributed by atoms with Crippen LogP contribution in [0.5, 0.6) is 0 Å². The third kappa shape index (κ3) is 3.28. The molecule has 0 bridgehead atoms. The molecule has 6 heteroatoms. The number of aryl methyl sites for hydroxylation is 1. The Morgan fingerprint density at radius 3 is 2.92 bits per heavy atom. The van der Waals surface area contributed by atoms with E-state index in [-0.39, 0.29) is 6.04 Å². The minimum absolute atomic E-state index is 0.217. The molecule has 0 radical (unpaired) electrons. The highest BCUT2D eigenvalue weighted by atomic mass is 32.1. The molecule has 4 nitrogen and oxygen atoms in total. The summed E-state index contributed by atoms with van der Waals surface area (Å²) in [5.41, 5.74) is 5.35. The van der Waals surface area contributed by atoms with E-state index in [1.807, 2.05) is 11.6 Å². The maximum absolute atomic E-state index is 5.74. The molecule has 0 spiro atoms. The molecular weight excluding hydrogens is 338 g/mol. The molecule has 0 unspecified atom stereocenters. The monoisotopic (exact) mass is 357 g/mol. The maximum Gasteiger partial charge on any atom is 0.123 e. The van der Waals surface area contributed by atoms with Gasteiger partial charge in [0.1, 0.15) is 5.01 Å². The normalized spacial score (nSPS) is 18.8. The first-order chi connectivity index (χ1) is 11.8.